The van der Waals surface area contributed by atoms with Crippen LogP contribution in [0.25, 0.3) is 44.7 Å². The lowest BCUT2D eigenvalue weighted by Gasteiger charge is -2.21. The maximum atomic E-state index is 14.1. The molecule has 25 nitrogen and oxygen atoms in total. The Balaban J connectivity index is 0.000000145. The van der Waals surface area contributed by atoms with Crippen LogP contribution in [0.5, 0.6) is 0 Å². The zero-order valence-electron chi connectivity index (χ0n) is 58.9. The number of aromatic nitrogens is 8. The molecule has 29 heteroatoms. The predicted octanol–water partition coefficient (Wildman–Crippen LogP) is 14.0. The molecule has 0 unspecified atom stereocenters. The molecule has 6 heterocycles. The first-order valence-electron chi connectivity index (χ1n) is 34.3. The van der Waals surface area contributed by atoms with Crippen LogP contribution in [0.2, 0.25) is 0 Å². The van der Waals surface area contributed by atoms with Gasteiger partial charge in [0.25, 0.3) is 30.1 Å². The zero-order valence-corrected chi connectivity index (χ0v) is 61.3. The maximum absolute atomic E-state index is 14.1. The molecule has 0 radical (unpaired) electrons. The maximum Gasteiger partial charge on any atom is 0.329 e. The zero-order chi connectivity index (χ0) is 76.8. The normalized spacial score (nSPS) is 12.3. The molecule has 9 aromatic carbocycles. The Morgan fingerprint density at radius 3 is 1.14 bits per heavy atom. The number of urea groups is 3. The van der Waals surface area contributed by atoms with Gasteiger partial charge >= 0.3 is 18.1 Å². The molecule has 0 fully saturated rings. The van der Waals surface area contributed by atoms with Crippen LogP contribution in [-0.2, 0) is 49.3 Å². The van der Waals surface area contributed by atoms with Crippen molar-refractivity contribution in [2.45, 2.75) is 65.9 Å². The summed E-state index contributed by atoms with van der Waals surface area (Å²) >= 11 is 0. The lowest BCUT2D eigenvalue weighted by molar-refractivity contribution is 0.240. The van der Waals surface area contributed by atoms with Crippen LogP contribution in [0.15, 0.2) is 328 Å². The number of carbonyl (C=O) groups excluding carboxylic acids is 3. The standard InChI is InChI=1S/C28H26N6O3S.C27H24N4O4S.C26H21FN4O4S/c1-21-10-8-9-15-26(21)38(36,37)32-28(35)31-25(18-22-11-4-2-5-12-22)27-29-16-17-33(27)24-19-30-34(20-24)23-13-6-3-7-14-23;1-19-7-5-6-10-25(19)36(33,34)30-27(32)29-23(17-20-8-3-2-4-9-20)26-28-14-15-31(26)22-11-12-24-21(18-22)13-16-35-24;27-21-8-4-5-9-24(21)36(33,34)30-26(32)29-22(16-18-6-2-1-3-7-18)25-28-13-14-31(25)20-10-11-23-19(17-20)12-15-35-23/h2-17,19-20,25H,18H2,1H3,(H2,31,32,35);2-16,18,23H,17H2,1H3,(H2,29,30,32);1-15,17,22H,16H2,(H2,29,30,32)/t25-;23-;22-/m000/s1. The molecule has 0 aliphatic rings. The van der Waals surface area contributed by atoms with Crippen LogP contribution in [0.1, 0.15) is 63.4 Å². The van der Waals surface area contributed by atoms with Crippen molar-refractivity contribution < 1.29 is 52.9 Å². The van der Waals surface area contributed by atoms with Gasteiger partial charge in [0.05, 0.1) is 64.2 Å². The summed E-state index contributed by atoms with van der Waals surface area (Å²) in [6.07, 6.45) is 18.2. The van der Waals surface area contributed by atoms with Crippen molar-refractivity contribution >= 4 is 70.1 Å². The van der Waals surface area contributed by atoms with E-state index in [2.05, 4.69) is 45.4 Å². The van der Waals surface area contributed by atoms with Gasteiger partial charge in [-0.15, -0.1) is 0 Å². The molecule has 3 atom stereocenters. The van der Waals surface area contributed by atoms with E-state index >= 15 is 0 Å². The van der Waals surface area contributed by atoms with Crippen molar-refractivity contribution in [3.8, 4) is 22.7 Å². The molecule has 15 aromatic rings. The summed E-state index contributed by atoms with van der Waals surface area (Å²) in [5.74, 6) is 0.624. The number of hydrogen-bond donors (Lipinski definition) is 6. The van der Waals surface area contributed by atoms with Gasteiger partial charge in [0.1, 0.15) is 39.4 Å². The molecule has 6 aromatic heterocycles. The Morgan fingerprint density at radius 1 is 0.400 bits per heavy atom. The van der Waals surface area contributed by atoms with E-state index in [0.29, 0.717) is 47.9 Å². The van der Waals surface area contributed by atoms with Gasteiger partial charge in [-0.3, -0.25) is 4.57 Å². The summed E-state index contributed by atoms with van der Waals surface area (Å²) in [6.45, 7) is 3.36. The summed E-state index contributed by atoms with van der Waals surface area (Å²) in [6, 6.07) is 66.6. The molecule has 0 aliphatic carbocycles. The fraction of sp³-hybridized carbons (Fsp3) is 0.0988. The number of carbonyl (C=O) groups is 3. The van der Waals surface area contributed by atoms with E-state index in [0.717, 1.165) is 73.5 Å². The van der Waals surface area contributed by atoms with Gasteiger partial charge in [0.2, 0.25) is 0 Å². The first-order chi connectivity index (χ1) is 53.2. The van der Waals surface area contributed by atoms with Crippen LogP contribution >= 0.6 is 0 Å². The number of imidazole rings is 3. The van der Waals surface area contributed by atoms with Crippen LogP contribution in [0.3, 0.4) is 0 Å². The molecule has 0 saturated heterocycles. The largest absolute Gasteiger partial charge is 0.464 e. The van der Waals surface area contributed by atoms with Gasteiger partial charge in [0.15, 0.2) is 0 Å². The number of hydrogen-bond acceptors (Lipinski definition) is 15. The van der Waals surface area contributed by atoms with E-state index in [-0.39, 0.29) is 9.79 Å². The quantitative estimate of drug-likeness (QED) is 0.0367. The van der Waals surface area contributed by atoms with Gasteiger partial charge in [-0.1, -0.05) is 158 Å². The third-order valence-electron chi connectivity index (χ3n) is 17.6. The highest BCUT2D eigenvalue weighted by Gasteiger charge is 2.30. The highest BCUT2D eigenvalue weighted by molar-refractivity contribution is 7.90. The van der Waals surface area contributed by atoms with Crippen molar-refractivity contribution in [2.75, 3.05) is 0 Å². The van der Waals surface area contributed by atoms with Gasteiger partial charge < -0.3 is 33.9 Å². The third kappa shape index (κ3) is 18.1. The van der Waals surface area contributed by atoms with Crippen LogP contribution in [-0.4, -0.2) is 81.8 Å². The molecule has 15 rings (SSSR count). The third-order valence-corrected chi connectivity index (χ3v) is 21.9. The smallest absolute Gasteiger partial charge is 0.329 e. The minimum atomic E-state index is -4.43. The van der Waals surface area contributed by atoms with Crippen molar-refractivity contribution in [3.05, 3.63) is 356 Å². The molecule has 0 saturated carbocycles. The molecule has 556 valence electrons. The average Bonchev–Trinajstić information content (AvgIpc) is 1.61. The lowest BCUT2D eigenvalue weighted by Crippen LogP contribution is -2.42. The minimum Gasteiger partial charge on any atom is -0.464 e. The van der Waals surface area contributed by atoms with Crippen molar-refractivity contribution in [1.82, 2.24) is 68.6 Å². The monoisotopic (exact) mass is 1530 g/mol. The molecule has 110 heavy (non-hydrogen) atoms. The highest BCUT2D eigenvalue weighted by atomic mass is 32.2. The number of fused-ring (bicyclic) bond motifs is 2. The van der Waals surface area contributed by atoms with E-state index in [9.17, 15) is 44.0 Å². The van der Waals surface area contributed by atoms with Crippen LogP contribution in [0, 0.1) is 19.7 Å². The molecule has 0 bridgehead atoms. The molecule has 6 N–H and O–H groups in total. The molecule has 6 amide bonds. The average molecular weight is 1530 g/mol. The Labute approximate surface area is 632 Å². The number of aryl methyl sites for hydroxylation is 2. The van der Waals surface area contributed by atoms with Gasteiger partial charge in [-0.05, 0) is 146 Å². The van der Waals surface area contributed by atoms with E-state index in [1.807, 2.05) is 194 Å². The van der Waals surface area contributed by atoms with E-state index < -0.39 is 77.0 Å². The summed E-state index contributed by atoms with van der Waals surface area (Å²) in [5, 5.41) is 14.6. The summed E-state index contributed by atoms with van der Waals surface area (Å²) in [5.41, 5.74) is 8.67. The molecule has 0 aliphatic heterocycles. The SMILES string of the molecule is Cc1ccccc1S(=O)(=O)NC(=O)N[C@@H](Cc1ccccc1)c1nccn1-c1ccc2occc2c1.Cc1ccccc1S(=O)(=O)NC(=O)N[C@@H](Cc1ccccc1)c1nccn1-c1cnn(-c2ccccc2)c1.O=C(N[C@@H](Cc1ccccc1)c1nccn1-c1ccc2occc2c1)NS(=O)(=O)c1ccccc1F. The number of benzene rings is 9. The second kappa shape index (κ2) is 33.5. The van der Waals surface area contributed by atoms with Gasteiger partial charge in [0, 0.05) is 59.3 Å². The Bertz CT molecular complexity index is 5830. The lowest BCUT2D eigenvalue weighted by atomic mass is 10.1. The molecule has 0 spiro atoms. The van der Waals surface area contributed by atoms with Crippen LogP contribution in [0.4, 0.5) is 18.8 Å². The first-order valence-corrected chi connectivity index (χ1v) is 38.8. The fourth-order valence-electron chi connectivity index (χ4n) is 12.4. The molecular formula is C81H71FN14O11S3. The number of sulfonamides is 3. The van der Waals surface area contributed by atoms with Gasteiger partial charge in [-0.2, -0.15) is 5.10 Å². The summed E-state index contributed by atoms with van der Waals surface area (Å²) in [7, 11) is -12.6. The van der Waals surface area contributed by atoms with Crippen molar-refractivity contribution in [3.63, 3.8) is 0 Å². The Morgan fingerprint density at radius 2 is 0.745 bits per heavy atom. The van der Waals surface area contributed by atoms with E-state index in [1.54, 1.807) is 111 Å². The van der Waals surface area contributed by atoms with Crippen LogP contribution < -0.4 is 30.1 Å². The Hall–Kier alpha value is -13.5. The number of amides is 6. The van der Waals surface area contributed by atoms with Crippen molar-refractivity contribution in [1.29, 1.82) is 0 Å². The Kier molecular flexibility index (Phi) is 22.8. The summed E-state index contributed by atoms with van der Waals surface area (Å²) in [4.78, 5) is 51.9. The van der Waals surface area contributed by atoms with E-state index in [4.69, 9.17) is 8.83 Å². The fourth-order valence-corrected chi connectivity index (χ4v) is 15.7. The topological polar surface area (TPSA) is 323 Å². The number of rotatable bonds is 22. The number of nitrogens with one attached hydrogen (secondary N) is 6. The summed E-state index contributed by atoms with van der Waals surface area (Å²) < 4.78 is 115. The van der Waals surface area contributed by atoms with E-state index in [1.165, 1.54) is 24.3 Å². The predicted molar refractivity (Wildman–Crippen MR) is 411 cm³/mol. The second-order valence-corrected chi connectivity index (χ2v) is 30.1. The first kappa shape index (κ1) is 74.8. The highest BCUT2D eigenvalue weighted by Crippen LogP contribution is 2.29. The van der Waals surface area contributed by atoms with Gasteiger partial charge in [-0.25, -0.2) is 77.8 Å². The number of para-hydroxylation sites is 1. The number of furan rings is 2. The minimum absolute atomic E-state index is 0.0459. The number of nitrogens with zero attached hydrogens (tertiary/aromatic N) is 8. The number of halogens is 1. The second-order valence-electron chi connectivity index (χ2n) is 25.2. The van der Waals surface area contributed by atoms with Crippen molar-refractivity contribution in [2.24, 2.45) is 0 Å². The molecular weight excluding hydrogens is 1460 g/mol.